The van der Waals surface area contributed by atoms with Gasteiger partial charge in [-0.15, -0.1) is 0 Å². The smallest absolute Gasteiger partial charge is 0.228 e. The predicted molar refractivity (Wildman–Crippen MR) is 123 cm³/mol. The van der Waals surface area contributed by atoms with Gasteiger partial charge in [-0.25, -0.2) is 9.97 Å². The molecule has 1 N–H and O–H groups in total. The first-order chi connectivity index (χ1) is 15.9. The number of aromatic nitrogens is 4. The molecule has 0 spiro atoms. The van der Waals surface area contributed by atoms with Gasteiger partial charge in [0.1, 0.15) is 12.0 Å². The molecule has 5 rings (SSSR count). The molecule has 0 saturated carbocycles. The number of halogens is 1. The minimum Gasteiger partial charge on any atom is -0.376 e. The molecule has 9 heteroatoms. The summed E-state index contributed by atoms with van der Waals surface area (Å²) >= 11 is 5.89. The van der Waals surface area contributed by atoms with E-state index < -0.39 is 0 Å². The van der Waals surface area contributed by atoms with Crippen LogP contribution >= 0.6 is 11.6 Å². The fourth-order valence-corrected chi connectivity index (χ4v) is 4.00. The van der Waals surface area contributed by atoms with Crippen LogP contribution in [0.5, 0.6) is 0 Å². The molecule has 0 bridgehead atoms. The van der Waals surface area contributed by atoms with Crippen LogP contribution in [0.4, 0.5) is 5.69 Å². The van der Waals surface area contributed by atoms with E-state index in [0.717, 1.165) is 5.56 Å². The molecule has 1 aliphatic heterocycles. The molecule has 0 radical (unpaired) electrons. The lowest BCUT2D eigenvalue weighted by Crippen LogP contribution is -2.48. The summed E-state index contributed by atoms with van der Waals surface area (Å²) in [4.78, 5) is 38.5. The number of amides is 1. The average molecular weight is 462 g/mol. The number of hydrogen-bond donors (Lipinski definition) is 1. The molecule has 8 nitrogen and oxygen atoms in total. The highest BCUT2D eigenvalue weighted by molar-refractivity contribution is 6.30. The summed E-state index contributed by atoms with van der Waals surface area (Å²) in [7, 11) is 0. The summed E-state index contributed by atoms with van der Waals surface area (Å²) in [6.45, 7) is 3.15. The van der Waals surface area contributed by atoms with E-state index in [-0.39, 0.29) is 23.7 Å². The summed E-state index contributed by atoms with van der Waals surface area (Å²) < 4.78 is 7.37. The van der Waals surface area contributed by atoms with E-state index in [1.165, 1.54) is 18.7 Å². The molecular formula is C24H20ClN5O3. The van der Waals surface area contributed by atoms with E-state index in [0.29, 0.717) is 46.1 Å². The number of nitrogens with one attached hydrogen (secondary N) is 1. The van der Waals surface area contributed by atoms with Crippen LogP contribution in [0.15, 0.2) is 61.4 Å². The van der Waals surface area contributed by atoms with Gasteiger partial charge in [-0.05, 0) is 30.7 Å². The number of ketones is 1. The largest absolute Gasteiger partial charge is 0.376 e. The van der Waals surface area contributed by atoms with Crippen LogP contribution in [-0.2, 0) is 21.5 Å². The molecule has 4 heterocycles. The molecule has 166 valence electrons. The van der Waals surface area contributed by atoms with Crippen molar-refractivity contribution in [2.24, 2.45) is 0 Å². The minimum atomic E-state index is -0.263. The molecule has 1 saturated heterocycles. The Kier molecular flexibility index (Phi) is 5.39. The lowest BCUT2D eigenvalue weighted by molar-refractivity contribution is -0.115. The number of pyridine rings is 1. The Balaban J connectivity index is 1.40. The molecular weight excluding hydrogens is 442 g/mol. The Labute approximate surface area is 194 Å². The van der Waals surface area contributed by atoms with Gasteiger partial charge in [0.25, 0.3) is 0 Å². The maximum Gasteiger partial charge on any atom is 0.228 e. The van der Waals surface area contributed by atoms with Gasteiger partial charge in [-0.3, -0.25) is 14.6 Å². The van der Waals surface area contributed by atoms with Gasteiger partial charge in [0.05, 0.1) is 42.6 Å². The standard InChI is InChI=1S/C24H20ClN5O3/c1-24(12-33-13-24)30-11-20(19-10-27-14-28-23(19)30)22(32)16-7-18(9-26-8-16)29-21(31)6-15-2-4-17(25)5-3-15/h2-5,7-11,14H,6,12-13H2,1H3,(H,29,31). The van der Waals surface area contributed by atoms with E-state index >= 15 is 0 Å². The highest BCUT2D eigenvalue weighted by Crippen LogP contribution is 2.32. The maximum absolute atomic E-state index is 13.4. The van der Waals surface area contributed by atoms with Crippen molar-refractivity contribution in [3.8, 4) is 0 Å². The first-order valence-corrected chi connectivity index (χ1v) is 10.7. The fourth-order valence-electron chi connectivity index (χ4n) is 3.87. The monoisotopic (exact) mass is 461 g/mol. The normalized spacial score (nSPS) is 14.6. The first-order valence-electron chi connectivity index (χ1n) is 10.4. The van der Waals surface area contributed by atoms with E-state index in [1.807, 2.05) is 4.57 Å². The van der Waals surface area contributed by atoms with Crippen molar-refractivity contribution in [1.29, 1.82) is 0 Å². The van der Waals surface area contributed by atoms with Crippen LogP contribution < -0.4 is 5.32 Å². The van der Waals surface area contributed by atoms with Crippen LogP contribution in [0.1, 0.15) is 28.4 Å². The summed E-state index contributed by atoms with van der Waals surface area (Å²) in [5, 5.41) is 4.07. The zero-order chi connectivity index (χ0) is 23.0. The second-order valence-electron chi connectivity index (χ2n) is 8.31. The lowest BCUT2D eigenvalue weighted by atomic mass is 10.0. The Morgan fingerprint density at radius 2 is 1.94 bits per heavy atom. The number of carbonyl (C=O) groups is 2. The van der Waals surface area contributed by atoms with Crippen molar-refractivity contribution in [3.05, 3.63) is 83.2 Å². The first kappa shape index (κ1) is 21.2. The second kappa shape index (κ2) is 8.38. The summed E-state index contributed by atoms with van der Waals surface area (Å²) in [6.07, 6.45) is 8.08. The van der Waals surface area contributed by atoms with E-state index in [2.05, 4.69) is 27.2 Å². The molecule has 0 aliphatic carbocycles. The van der Waals surface area contributed by atoms with Crippen molar-refractivity contribution < 1.29 is 14.3 Å². The molecule has 1 aromatic carbocycles. The molecule has 33 heavy (non-hydrogen) atoms. The van der Waals surface area contributed by atoms with Crippen molar-refractivity contribution in [1.82, 2.24) is 19.5 Å². The van der Waals surface area contributed by atoms with Crippen molar-refractivity contribution >= 4 is 40.0 Å². The molecule has 4 aromatic rings. The van der Waals surface area contributed by atoms with Crippen LogP contribution in [0.2, 0.25) is 5.02 Å². The maximum atomic E-state index is 13.4. The predicted octanol–water partition coefficient (Wildman–Crippen LogP) is 3.64. The highest BCUT2D eigenvalue weighted by Gasteiger charge is 2.37. The zero-order valence-electron chi connectivity index (χ0n) is 17.8. The topological polar surface area (TPSA) is 99.0 Å². The molecule has 0 unspecified atom stereocenters. The average Bonchev–Trinajstić information content (AvgIpc) is 3.19. The lowest BCUT2D eigenvalue weighted by Gasteiger charge is -2.39. The van der Waals surface area contributed by atoms with Gasteiger partial charge in [0, 0.05) is 34.6 Å². The van der Waals surface area contributed by atoms with E-state index in [1.54, 1.807) is 42.7 Å². The Morgan fingerprint density at radius 1 is 1.15 bits per heavy atom. The van der Waals surface area contributed by atoms with E-state index in [9.17, 15) is 9.59 Å². The summed E-state index contributed by atoms with van der Waals surface area (Å²) in [5.74, 6) is -0.440. The third-order valence-electron chi connectivity index (χ3n) is 5.68. The van der Waals surface area contributed by atoms with Crippen LogP contribution in [0.3, 0.4) is 0 Å². The number of fused-ring (bicyclic) bond motifs is 1. The fraction of sp³-hybridized carbons (Fsp3) is 0.208. The number of benzene rings is 1. The van der Waals surface area contributed by atoms with Gasteiger partial charge in [-0.2, -0.15) is 0 Å². The summed E-state index contributed by atoms with van der Waals surface area (Å²) in [6, 6.07) is 8.69. The SMILES string of the molecule is CC1(n2cc(C(=O)c3cncc(NC(=O)Cc4ccc(Cl)cc4)c3)c3cncnc32)COC1. The van der Waals surface area contributed by atoms with Crippen LogP contribution in [0.25, 0.3) is 11.0 Å². The zero-order valence-corrected chi connectivity index (χ0v) is 18.5. The number of anilines is 1. The molecule has 1 amide bonds. The van der Waals surface area contributed by atoms with E-state index in [4.69, 9.17) is 16.3 Å². The molecule has 1 fully saturated rings. The van der Waals surface area contributed by atoms with Gasteiger partial charge in [0.2, 0.25) is 5.91 Å². The van der Waals surface area contributed by atoms with Crippen molar-refractivity contribution in [3.63, 3.8) is 0 Å². The minimum absolute atomic E-state index is 0.181. The third kappa shape index (κ3) is 4.10. The van der Waals surface area contributed by atoms with Gasteiger partial charge >= 0.3 is 0 Å². The van der Waals surface area contributed by atoms with Crippen molar-refractivity contribution in [2.45, 2.75) is 18.9 Å². The Hall–Kier alpha value is -3.62. The number of hydrogen-bond acceptors (Lipinski definition) is 6. The number of carbonyl (C=O) groups excluding carboxylic acids is 2. The molecule has 1 aliphatic rings. The second-order valence-corrected chi connectivity index (χ2v) is 8.74. The number of rotatable bonds is 6. The number of nitrogens with zero attached hydrogens (tertiary/aromatic N) is 4. The Bertz CT molecular complexity index is 1360. The number of ether oxygens (including phenoxy) is 1. The van der Waals surface area contributed by atoms with Gasteiger partial charge in [0.15, 0.2) is 5.78 Å². The quantitative estimate of drug-likeness (QED) is 0.440. The Morgan fingerprint density at radius 3 is 2.67 bits per heavy atom. The van der Waals surface area contributed by atoms with Crippen LogP contribution in [0, 0.1) is 0 Å². The van der Waals surface area contributed by atoms with Crippen LogP contribution in [-0.4, -0.2) is 44.4 Å². The highest BCUT2D eigenvalue weighted by atomic mass is 35.5. The van der Waals surface area contributed by atoms with Gasteiger partial charge < -0.3 is 14.6 Å². The summed E-state index contributed by atoms with van der Waals surface area (Å²) in [5.41, 5.74) is 2.53. The molecule has 0 atom stereocenters. The van der Waals surface area contributed by atoms with Crippen molar-refractivity contribution in [2.75, 3.05) is 18.5 Å². The van der Waals surface area contributed by atoms with Gasteiger partial charge in [-0.1, -0.05) is 23.7 Å². The third-order valence-corrected chi connectivity index (χ3v) is 5.93. The molecule has 3 aromatic heterocycles.